The monoisotopic (exact) mass is 245 g/mol. The molecular weight excluding hydrogens is 231 g/mol. The number of benzene rings is 1. The van der Waals surface area contributed by atoms with E-state index in [9.17, 15) is 13.2 Å². The number of halogens is 3. The number of ether oxygens (including phenoxy) is 1. The van der Waals surface area contributed by atoms with E-state index in [1.54, 1.807) is 0 Å². The summed E-state index contributed by atoms with van der Waals surface area (Å²) in [6, 6.07) is 9.85. The van der Waals surface area contributed by atoms with E-state index in [4.69, 9.17) is 0 Å². The van der Waals surface area contributed by atoms with Crippen LogP contribution in [-0.4, -0.2) is 19.0 Å². The summed E-state index contributed by atoms with van der Waals surface area (Å²) in [7, 11) is 0. The highest BCUT2D eigenvalue weighted by Gasteiger charge is 2.35. The zero-order valence-electron chi connectivity index (χ0n) is 9.20. The zero-order valence-corrected chi connectivity index (χ0v) is 9.20. The maximum Gasteiger partial charge on any atom is 0.522 e. The Balaban J connectivity index is 1.86. The molecule has 1 saturated heterocycles. The van der Waals surface area contributed by atoms with Crippen molar-refractivity contribution >= 4 is 0 Å². The second kappa shape index (κ2) is 5.06. The largest absolute Gasteiger partial charge is 0.522 e. The number of rotatable bonds is 2. The lowest BCUT2D eigenvalue weighted by atomic mass is 9.96. The van der Waals surface area contributed by atoms with Crippen LogP contribution < -0.4 is 5.32 Å². The van der Waals surface area contributed by atoms with Gasteiger partial charge in [-0.3, -0.25) is 4.74 Å². The maximum absolute atomic E-state index is 12.0. The number of alkyl halides is 3. The highest BCUT2D eigenvalue weighted by molar-refractivity contribution is 5.19. The SMILES string of the molecule is FC(F)(F)OC1CCC(c2ccccc2)NC1. The Morgan fingerprint density at radius 1 is 1.12 bits per heavy atom. The van der Waals surface area contributed by atoms with Gasteiger partial charge in [-0.25, -0.2) is 0 Å². The fraction of sp³-hybridized carbons (Fsp3) is 0.500. The van der Waals surface area contributed by atoms with Crippen LogP contribution in [0.15, 0.2) is 30.3 Å². The molecule has 0 aromatic heterocycles. The molecule has 2 atom stereocenters. The first-order chi connectivity index (χ1) is 8.04. The van der Waals surface area contributed by atoms with Crippen LogP contribution in [0.3, 0.4) is 0 Å². The molecule has 1 aromatic carbocycles. The summed E-state index contributed by atoms with van der Waals surface area (Å²) in [4.78, 5) is 0. The van der Waals surface area contributed by atoms with Crippen LogP contribution in [-0.2, 0) is 4.74 Å². The van der Waals surface area contributed by atoms with E-state index in [0.29, 0.717) is 12.8 Å². The first-order valence-electron chi connectivity index (χ1n) is 5.57. The predicted octanol–water partition coefficient (Wildman–Crippen LogP) is 3.02. The number of hydrogen-bond acceptors (Lipinski definition) is 2. The molecule has 0 aliphatic carbocycles. The number of hydrogen-bond donors (Lipinski definition) is 1. The smallest absolute Gasteiger partial charge is 0.307 e. The molecule has 1 aliphatic heterocycles. The topological polar surface area (TPSA) is 21.3 Å². The molecule has 0 radical (unpaired) electrons. The van der Waals surface area contributed by atoms with E-state index < -0.39 is 12.5 Å². The van der Waals surface area contributed by atoms with Crippen LogP contribution in [0.4, 0.5) is 13.2 Å². The lowest BCUT2D eigenvalue weighted by molar-refractivity contribution is -0.343. The average molecular weight is 245 g/mol. The van der Waals surface area contributed by atoms with E-state index in [1.165, 1.54) is 0 Å². The van der Waals surface area contributed by atoms with Crippen molar-refractivity contribution in [3.05, 3.63) is 35.9 Å². The third-order valence-electron chi connectivity index (χ3n) is 2.87. The molecular formula is C12H14F3NO. The highest BCUT2D eigenvalue weighted by atomic mass is 19.4. The Bertz CT molecular complexity index is 345. The summed E-state index contributed by atoms with van der Waals surface area (Å²) in [6.45, 7) is 0.235. The molecule has 94 valence electrons. The molecule has 1 aliphatic rings. The molecule has 5 heteroatoms. The molecule has 0 saturated carbocycles. The molecule has 17 heavy (non-hydrogen) atoms. The summed E-state index contributed by atoms with van der Waals surface area (Å²) in [6.07, 6.45) is -4.22. The van der Waals surface area contributed by atoms with Gasteiger partial charge in [0, 0.05) is 12.6 Å². The Kier molecular flexibility index (Phi) is 3.69. The predicted molar refractivity (Wildman–Crippen MR) is 57.3 cm³/mol. The maximum atomic E-state index is 12.0. The molecule has 1 aromatic rings. The van der Waals surface area contributed by atoms with Crippen molar-refractivity contribution in [2.45, 2.75) is 31.3 Å². The third-order valence-corrected chi connectivity index (χ3v) is 2.87. The van der Waals surface area contributed by atoms with Gasteiger partial charge in [-0.15, -0.1) is 13.2 Å². The van der Waals surface area contributed by atoms with Crippen molar-refractivity contribution < 1.29 is 17.9 Å². The van der Waals surface area contributed by atoms with Crippen LogP contribution in [0.5, 0.6) is 0 Å². The van der Waals surface area contributed by atoms with Gasteiger partial charge >= 0.3 is 6.36 Å². The number of nitrogens with one attached hydrogen (secondary N) is 1. The molecule has 0 bridgehead atoms. The zero-order chi connectivity index (χ0) is 12.3. The molecule has 1 fully saturated rings. The van der Waals surface area contributed by atoms with Gasteiger partial charge in [0.15, 0.2) is 0 Å². The summed E-state index contributed by atoms with van der Waals surface area (Å²) >= 11 is 0. The van der Waals surface area contributed by atoms with Crippen molar-refractivity contribution in [2.75, 3.05) is 6.54 Å². The molecule has 2 nitrogen and oxygen atoms in total. The van der Waals surface area contributed by atoms with Crippen molar-refractivity contribution in [1.29, 1.82) is 0 Å². The Hall–Kier alpha value is -1.07. The molecule has 0 amide bonds. The first kappa shape index (κ1) is 12.4. The first-order valence-corrected chi connectivity index (χ1v) is 5.57. The van der Waals surface area contributed by atoms with Gasteiger partial charge in [0.25, 0.3) is 0 Å². The fourth-order valence-electron chi connectivity index (χ4n) is 2.09. The quantitative estimate of drug-likeness (QED) is 0.864. The van der Waals surface area contributed by atoms with Crippen molar-refractivity contribution in [1.82, 2.24) is 5.32 Å². The van der Waals surface area contributed by atoms with Crippen molar-refractivity contribution in [3.63, 3.8) is 0 Å². The second-order valence-electron chi connectivity index (χ2n) is 4.13. The summed E-state index contributed by atoms with van der Waals surface area (Å²) in [5, 5.41) is 3.08. The van der Waals surface area contributed by atoms with Gasteiger partial charge in [-0.1, -0.05) is 30.3 Å². The molecule has 2 unspecified atom stereocenters. The third kappa shape index (κ3) is 3.71. The van der Waals surface area contributed by atoms with Crippen molar-refractivity contribution in [2.24, 2.45) is 0 Å². The lowest BCUT2D eigenvalue weighted by Gasteiger charge is -2.30. The summed E-state index contributed by atoms with van der Waals surface area (Å²) in [5.41, 5.74) is 1.11. The van der Waals surface area contributed by atoms with Gasteiger partial charge in [0.1, 0.15) is 0 Å². The molecule has 2 rings (SSSR count). The highest BCUT2D eigenvalue weighted by Crippen LogP contribution is 2.27. The minimum absolute atomic E-state index is 0.129. The van der Waals surface area contributed by atoms with Crippen LogP contribution >= 0.6 is 0 Å². The van der Waals surface area contributed by atoms with Crippen molar-refractivity contribution in [3.8, 4) is 0 Å². The van der Waals surface area contributed by atoms with Crippen LogP contribution in [0.2, 0.25) is 0 Å². The van der Waals surface area contributed by atoms with Crippen LogP contribution in [0, 0.1) is 0 Å². The van der Waals surface area contributed by atoms with Gasteiger partial charge in [-0.05, 0) is 18.4 Å². The van der Waals surface area contributed by atoms with E-state index in [0.717, 1.165) is 5.56 Å². The Labute approximate surface area is 97.8 Å². The van der Waals surface area contributed by atoms with Crippen LogP contribution in [0.25, 0.3) is 0 Å². The Morgan fingerprint density at radius 2 is 1.82 bits per heavy atom. The standard InChI is InChI=1S/C12H14F3NO/c13-12(14,15)17-10-6-7-11(16-8-10)9-4-2-1-3-5-9/h1-5,10-11,16H,6-8H2. The molecule has 0 spiro atoms. The summed E-state index contributed by atoms with van der Waals surface area (Å²) < 4.78 is 40.0. The minimum atomic E-state index is -4.54. The van der Waals surface area contributed by atoms with Gasteiger partial charge in [0.2, 0.25) is 0 Å². The van der Waals surface area contributed by atoms with E-state index in [2.05, 4.69) is 10.1 Å². The molecule has 1 N–H and O–H groups in total. The van der Waals surface area contributed by atoms with Crippen LogP contribution in [0.1, 0.15) is 24.4 Å². The van der Waals surface area contributed by atoms with E-state index in [-0.39, 0.29) is 12.6 Å². The normalized spacial score (nSPS) is 25.8. The van der Waals surface area contributed by atoms with Gasteiger partial charge in [0.05, 0.1) is 6.10 Å². The van der Waals surface area contributed by atoms with Gasteiger partial charge in [-0.2, -0.15) is 0 Å². The lowest BCUT2D eigenvalue weighted by Crippen LogP contribution is -2.40. The van der Waals surface area contributed by atoms with E-state index >= 15 is 0 Å². The fourth-order valence-corrected chi connectivity index (χ4v) is 2.09. The Morgan fingerprint density at radius 3 is 2.35 bits per heavy atom. The summed E-state index contributed by atoms with van der Waals surface area (Å²) in [5.74, 6) is 0. The second-order valence-corrected chi connectivity index (χ2v) is 4.13. The van der Waals surface area contributed by atoms with Gasteiger partial charge < -0.3 is 5.32 Å². The number of piperidine rings is 1. The average Bonchev–Trinajstić information content (AvgIpc) is 2.29. The molecule has 1 heterocycles. The minimum Gasteiger partial charge on any atom is -0.307 e. The van der Waals surface area contributed by atoms with E-state index in [1.807, 2.05) is 30.3 Å².